The van der Waals surface area contributed by atoms with Gasteiger partial charge in [-0.25, -0.2) is 15.0 Å². The first kappa shape index (κ1) is 16.9. The van der Waals surface area contributed by atoms with Gasteiger partial charge >= 0.3 is 0 Å². The Hall–Kier alpha value is -3.54. The van der Waals surface area contributed by atoms with E-state index in [0.29, 0.717) is 12.4 Å². The van der Waals surface area contributed by atoms with Crippen LogP contribution in [0.25, 0.3) is 17.0 Å². The third kappa shape index (κ3) is 3.29. The molecule has 0 amide bonds. The summed E-state index contributed by atoms with van der Waals surface area (Å²) in [5, 5.41) is 3.23. The molecule has 6 nitrogen and oxygen atoms in total. The van der Waals surface area contributed by atoms with E-state index in [4.69, 9.17) is 4.98 Å². The monoisotopic (exact) mass is 357 g/mol. The molecule has 1 aromatic carbocycles. The summed E-state index contributed by atoms with van der Waals surface area (Å²) in [6.45, 7) is 3.98. The summed E-state index contributed by atoms with van der Waals surface area (Å²) in [5.41, 5.74) is 6.46. The molecule has 0 aliphatic rings. The standard InChI is InChI=1S/C21H19N5O/c1-14-13-22-21(24-17-8-6-16(7-9-17)10-12-27)25-19(14)20-15(2)23-18-5-3-4-11-26(18)20/h3-9,11-13H,10H2,1-2H3,(H,22,24,25). The smallest absolute Gasteiger partial charge is 0.227 e. The van der Waals surface area contributed by atoms with E-state index in [1.54, 1.807) is 0 Å². The number of carbonyl (C=O) groups excluding carboxylic acids is 1. The van der Waals surface area contributed by atoms with Crippen molar-refractivity contribution in [2.24, 2.45) is 0 Å². The van der Waals surface area contributed by atoms with Crippen LogP contribution in [0.1, 0.15) is 16.8 Å². The predicted molar refractivity (Wildman–Crippen MR) is 105 cm³/mol. The summed E-state index contributed by atoms with van der Waals surface area (Å²) >= 11 is 0. The lowest BCUT2D eigenvalue weighted by molar-refractivity contribution is -0.107. The molecule has 4 rings (SSSR count). The number of anilines is 2. The van der Waals surface area contributed by atoms with Gasteiger partial charge in [0.25, 0.3) is 0 Å². The Balaban J connectivity index is 1.71. The highest BCUT2D eigenvalue weighted by molar-refractivity contribution is 5.68. The number of nitrogens with one attached hydrogen (secondary N) is 1. The average molecular weight is 357 g/mol. The van der Waals surface area contributed by atoms with Crippen LogP contribution in [0.3, 0.4) is 0 Å². The SMILES string of the molecule is Cc1cnc(Nc2ccc(CC=O)cc2)nc1-c1c(C)nc2ccccn12. The number of benzene rings is 1. The van der Waals surface area contributed by atoms with Gasteiger partial charge in [-0.15, -0.1) is 0 Å². The number of aryl methyl sites for hydroxylation is 2. The fourth-order valence-electron chi connectivity index (χ4n) is 3.09. The van der Waals surface area contributed by atoms with Gasteiger partial charge in [0.05, 0.1) is 17.1 Å². The highest BCUT2D eigenvalue weighted by atomic mass is 16.1. The number of aromatic nitrogens is 4. The predicted octanol–water partition coefficient (Wildman–Crippen LogP) is 3.89. The lowest BCUT2D eigenvalue weighted by Gasteiger charge is -2.10. The lowest BCUT2D eigenvalue weighted by atomic mass is 10.1. The maximum absolute atomic E-state index is 10.6. The van der Waals surface area contributed by atoms with Crippen molar-refractivity contribution in [2.45, 2.75) is 20.3 Å². The van der Waals surface area contributed by atoms with Crippen molar-refractivity contribution in [1.82, 2.24) is 19.4 Å². The van der Waals surface area contributed by atoms with Gasteiger partial charge in [0, 0.05) is 24.5 Å². The van der Waals surface area contributed by atoms with Gasteiger partial charge in [-0.05, 0) is 49.2 Å². The molecule has 1 N–H and O–H groups in total. The van der Waals surface area contributed by atoms with E-state index in [1.807, 2.05) is 73.1 Å². The number of imidazole rings is 1. The Bertz CT molecular complexity index is 1120. The van der Waals surface area contributed by atoms with Crippen LogP contribution in [0.15, 0.2) is 54.9 Å². The van der Waals surface area contributed by atoms with Crippen LogP contribution >= 0.6 is 0 Å². The molecule has 0 radical (unpaired) electrons. The van der Waals surface area contributed by atoms with Gasteiger partial charge in [-0.3, -0.25) is 4.40 Å². The third-order valence-electron chi connectivity index (χ3n) is 4.43. The molecule has 0 aliphatic carbocycles. The van der Waals surface area contributed by atoms with Crippen molar-refractivity contribution >= 4 is 23.6 Å². The zero-order valence-corrected chi connectivity index (χ0v) is 15.2. The second-order valence-electron chi connectivity index (χ2n) is 6.39. The lowest BCUT2D eigenvalue weighted by Crippen LogP contribution is -2.02. The van der Waals surface area contributed by atoms with Crippen LogP contribution in [-0.2, 0) is 11.2 Å². The number of carbonyl (C=O) groups is 1. The molecular weight excluding hydrogens is 338 g/mol. The quantitative estimate of drug-likeness (QED) is 0.549. The average Bonchev–Trinajstić information content (AvgIpc) is 3.01. The first-order valence-electron chi connectivity index (χ1n) is 8.73. The Morgan fingerprint density at radius 1 is 1.07 bits per heavy atom. The molecule has 4 aromatic rings. The number of pyridine rings is 1. The van der Waals surface area contributed by atoms with Crippen LogP contribution in [0.2, 0.25) is 0 Å². The van der Waals surface area contributed by atoms with Gasteiger partial charge in [0.15, 0.2) is 0 Å². The Morgan fingerprint density at radius 2 is 1.89 bits per heavy atom. The maximum Gasteiger partial charge on any atom is 0.227 e. The van der Waals surface area contributed by atoms with E-state index in [9.17, 15) is 4.79 Å². The molecule has 3 heterocycles. The van der Waals surface area contributed by atoms with Crippen LogP contribution in [-0.4, -0.2) is 25.6 Å². The van der Waals surface area contributed by atoms with Crippen LogP contribution < -0.4 is 5.32 Å². The molecule has 3 aromatic heterocycles. The highest BCUT2D eigenvalue weighted by Crippen LogP contribution is 2.27. The molecule has 0 saturated heterocycles. The minimum atomic E-state index is 0.416. The minimum Gasteiger partial charge on any atom is -0.324 e. The van der Waals surface area contributed by atoms with Crippen LogP contribution in [0.4, 0.5) is 11.6 Å². The van der Waals surface area contributed by atoms with E-state index in [-0.39, 0.29) is 0 Å². The second kappa shape index (κ2) is 6.99. The zero-order chi connectivity index (χ0) is 18.8. The number of fused-ring (bicyclic) bond motifs is 1. The van der Waals surface area contributed by atoms with Gasteiger partial charge < -0.3 is 10.1 Å². The van der Waals surface area contributed by atoms with E-state index in [0.717, 1.165) is 45.8 Å². The molecule has 0 spiro atoms. The number of hydrogen-bond acceptors (Lipinski definition) is 5. The highest BCUT2D eigenvalue weighted by Gasteiger charge is 2.15. The molecule has 6 heteroatoms. The number of hydrogen-bond donors (Lipinski definition) is 1. The van der Waals surface area contributed by atoms with E-state index >= 15 is 0 Å². The fourth-order valence-corrected chi connectivity index (χ4v) is 3.09. The number of rotatable bonds is 5. The van der Waals surface area contributed by atoms with Gasteiger partial charge in [0.1, 0.15) is 11.9 Å². The first-order valence-corrected chi connectivity index (χ1v) is 8.73. The van der Waals surface area contributed by atoms with Crippen molar-refractivity contribution in [1.29, 1.82) is 0 Å². The Labute approximate surface area is 156 Å². The summed E-state index contributed by atoms with van der Waals surface area (Å²) in [6, 6.07) is 13.6. The summed E-state index contributed by atoms with van der Waals surface area (Å²) in [4.78, 5) is 24.4. The molecule has 134 valence electrons. The first-order chi connectivity index (χ1) is 13.2. The van der Waals surface area contributed by atoms with Crippen molar-refractivity contribution in [3.05, 3.63) is 71.7 Å². The van der Waals surface area contributed by atoms with E-state index in [1.165, 1.54) is 0 Å². The van der Waals surface area contributed by atoms with Gasteiger partial charge in [-0.1, -0.05) is 18.2 Å². The minimum absolute atomic E-state index is 0.416. The van der Waals surface area contributed by atoms with Gasteiger partial charge in [0.2, 0.25) is 5.95 Å². The summed E-state index contributed by atoms with van der Waals surface area (Å²) < 4.78 is 2.04. The maximum atomic E-state index is 10.6. The normalized spacial score (nSPS) is 10.9. The second-order valence-corrected chi connectivity index (χ2v) is 6.39. The van der Waals surface area contributed by atoms with Crippen molar-refractivity contribution in [2.75, 3.05) is 5.32 Å². The third-order valence-corrected chi connectivity index (χ3v) is 4.43. The zero-order valence-electron chi connectivity index (χ0n) is 15.2. The molecule has 0 atom stereocenters. The molecule has 27 heavy (non-hydrogen) atoms. The number of aldehydes is 1. The summed E-state index contributed by atoms with van der Waals surface area (Å²) in [7, 11) is 0. The summed E-state index contributed by atoms with van der Waals surface area (Å²) in [6.07, 6.45) is 5.12. The Morgan fingerprint density at radius 3 is 2.67 bits per heavy atom. The van der Waals surface area contributed by atoms with E-state index in [2.05, 4.69) is 15.3 Å². The molecule has 0 bridgehead atoms. The largest absolute Gasteiger partial charge is 0.324 e. The Kier molecular flexibility index (Phi) is 4.38. The van der Waals surface area contributed by atoms with Crippen molar-refractivity contribution < 1.29 is 4.79 Å². The molecule has 0 fully saturated rings. The van der Waals surface area contributed by atoms with Crippen molar-refractivity contribution in [3.8, 4) is 11.4 Å². The number of nitrogens with zero attached hydrogens (tertiary/aromatic N) is 4. The molecular formula is C21H19N5O. The van der Waals surface area contributed by atoms with Crippen molar-refractivity contribution in [3.63, 3.8) is 0 Å². The topological polar surface area (TPSA) is 72.2 Å². The summed E-state index contributed by atoms with van der Waals surface area (Å²) in [5.74, 6) is 0.518. The fraction of sp³-hybridized carbons (Fsp3) is 0.143. The molecule has 0 unspecified atom stereocenters. The molecule has 0 saturated carbocycles. The van der Waals surface area contributed by atoms with Gasteiger partial charge in [-0.2, -0.15) is 0 Å². The van der Waals surface area contributed by atoms with Crippen LogP contribution in [0.5, 0.6) is 0 Å². The van der Waals surface area contributed by atoms with E-state index < -0.39 is 0 Å². The molecule has 0 aliphatic heterocycles. The van der Waals surface area contributed by atoms with Crippen LogP contribution in [0, 0.1) is 13.8 Å².